The smallest absolute Gasteiger partial charge is 0.154 e. The van der Waals surface area contributed by atoms with E-state index >= 15 is 0 Å². The summed E-state index contributed by atoms with van der Waals surface area (Å²) in [6.45, 7) is 4.83. The zero-order valence-electron chi connectivity index (χ0n) is 9.11. The largest absolute Gasteiger partial charge is 0.387 e. The molecule has 0 saturated carbocycles. The Morgan fingerprint density at radius 2 is 2.07 bits per heavy atom. The lowest BCUT2D eigenvalue weighted by Crippen LogP contribution is -2.28. The minimum Gasteiger partial charge on any atom is -0.387 e. The van der Waals surface area contributed by atoms with Crippen molar-refractivity contribution in [2.75, 3.05) is 19.5 Å². The molecule has 2 nitrogen and oxygen atoms in total. The number of ether oxygens (including phenoxy) is 1. The van der Waals surface area contributed by atoms with Gasteiger partial charge in [-0.25, -0.2) is 4.39 Å². The van der Waals surface area contributed by atoms with Crippen molar-refractivity contribution < 1.29 is 14.2 Å². The lowest BCUT2D eigenvalue weighted by Gasteiger charge is -2.18. The van der Waals surface area contributed by atoms with E-state index in [0.717, 1.165) is 12.6 Å². The molecule has 0 amide bonds. The Hall–Kier alpha value is 0.150. The van der Waals surface area contributed by atoms with E-state index in [2.05, 4.69) is 19.6 Å². The van der Waals surface area contributed by atoms with E-state index in [-0.39, 0.29) is 6.10 Å². The van der Waals surface area contributed by atoms with Crippen LogP contribution >= 0.6 is 6.89 Å². The molecule has 0 aromatic carbocycles. The maximum Gasteiger partial charge on any atom is 0.154 e. The normalized spacial score (nSPS) is 38.9. The fraction of sp³-hybridized carbons (Fsp3) is 0.900. The van der Waals surface area contributed by atoms with Crippen LogP contribution in [-0.4, -0.2) is 55.4 Å². The number of rotatable bonds is 3. The molecule has 0 spiro atoms. The fourth-order valence-electron chi connectivity index (χ4n) is 1.63. The van der Waals surface area contributed by atoms with Crippen molar-refractivity contribution >= 4 is 13.2 Å². The Morgan fingerprint density at radius 1 is 1.50 bits per heavy atom. The molecule has 1 aliphatic heterocycles. The van der Waals surface area contributed by atoms with Gasteiger partial charge >= 0.3 is 0 Å². The molecule has 1 heterocycles. The van der Waals surface area contributed by atoms with Crippen molar-refractivity contribution in [3.8, 4) is 0 Å². The van der Waals surface area contributed by atoms with Crippen LogP contribution in [0, 0.1) is 0 Å². The minimum absolute atomic E-state index is 0.332. The van der Waals surface area contributed by atoms with Crippen molar-refractivity contribution in [2.45, 2.75) is 37.8 Å². The Bertz CT molecular complexity index is 238. The maximum atomic E-state index is 13.2. The summed E-state index contributed by atoms with van der Waals surface area (Å²) < 4.78 is 18.5. The lowest BCUT2D eigenvalue weighted by molar-refractivity contribution is 0.0150. The first kappa shape index (κ1) is 12.2. The number of hydrogen-bond acceptors (Lipinski definition) is 2. The van der Waals surface area contributed by atoms with E-state index in [1.54, 1.807) is 6.92 Å². The molecule has 4 heteroatoms. The first-order chi connectivity index (χ1) is 6.31. The van der Waals surface area contributed by atoms with Crippen LogP contribution in [0.2, 0.25) is 0 Å². The van der Waals surface area contributed by atoms with Gasteiger partial charge in [-0.1, -0.05) is 0 Å². The second-order valence-electron chi connectivity index (χ2n) is 4.76. The maximum absolute atomic E-state index is 13.2. The van der Waals surface area contributed by atoms with Crippen LogP contribution in [-0.2, 0) is 4.74 Å². The molecule has 0 bridgehead atoms. The molecule has 0 radical (unpaired) electrons. The van der Waals surface area contributed by atoms with Crippen LogP contribution in [0.5, 0.6) is 0 Å². The first-order valence-corrected chi connectivity index (χ1v) is 8.01. The van der Waals surface area contributed by atoms with Gasteiger partial charge in [-0.15, -0.1) is 13.2 Å². The molecule has 1 N–H and O–H groups in total. The Balaban J connectivity index is 2.44. The van der Waals surface area contributed by atoms with E-state index in [0.29, 0.717) is 0 Å². The van der Waals surface area contributed by atoms with Crippen LogP contribution in [0.15, 0.2) is 0 Å². The quantitative estimate of drug-likeness (QED) is 0.734. The molecule has 2 unspecified atom stereocenters. The first-order valence-electron chi connectivity index (χ1n) is 4.96. The topological polar surface area (TPSA) is 29.5 Å². The summed E-state index contributed by atoms with van der Waals surface area (Å²) in [4.78, 5) is 0. The Morgan fingerprint density at radius 3 is 2.43 bits per heavy atom. The highest BCUT2D eigenvalue weighted by atomic mass is 31.2. The number of hydrogen-bond donors (Lipinski definition) is 1. The molecule has 0 aromatic rings. The van der Waals surface area contributed by atoms with Gasteiger partial charge in [-0.3, -0.25) is 0 Å². The molecule has 4 atom stereocenters. The van der Waals surface area contributed by atoms with Crippen molar-refractivity contribution in [1.29, 1.82) is 0 Å². The molecule has 14 heavy (non-hydrogen) atoms. The van der Waals surface area contributed by atoms with Crippen molar-refractivity contribution in [3.63, 3.8) is 0 Å². The fourth-order valence-corrected chi connectivity index (χ4v) is 2.58. The van der Waals surface area contributed by atoms with Gasteiger partial charge in [0.2, 0.25) is 0 Å². The highest BCUT2D eigenvalue weighted by Gasteiger charge is 2.41. The van der Waals surface area contributed by atoms with Gasteiger partial charge in [0.1, 0.15) is 6.10 Å². The van der Waals surface area contributed by atoms with E-state index < -0.39 is 25.3 Å². The highest BCUT2D eigenvalue weighted by Crippen LogP contribution is 2.38. The molecular formula is C10H20FO2P. The SMILES string of the molecule is C=P(C)(C)CCC1O[C@@H](C)C(F)[C@@H]1O. The van der Waals surface area contributed by atoms with Crippen LogP contribution in [0.25, 0.3) is 0 Å². The highest BCUT2D eigenvalue weighted by molar-refractivity contribution is 7.72. The second-order valence-corrected chi connectivity index (χ2v) is 9.08. The van der Waals surface area contributed by atoms with Gasteiger partial charge in [0.05, 0.1) is 12.2 Å². The van der Waals surface area contributed by atoms with Crippen LogP contribution in [0.4, 0.5) is 4.39 Å². The van der Waals surface area contributed by atoms with Gasteiger partial charge < -0.3 is 9.84 Å². The lowest BCUT2D eigenvalue weighted by atomic mass is 10.1. The van der Waals surface area contributed by atoms with Crippen LogP contribution in [0.1, 0.15) is 13.3 Å². The van der Waals surface area contributed by atoms with Gasteiger partial charge in [-0.05, 0) is 32.8 Å². The van der Waals surface area contributed by atoms with Gasteiger partial charge in [0, 0.05) is 0 Å². The third-order valence-electron chi connectivity index (χ3n) is 2.56. The zero-order chi connectivity index (χ0) is 10.9. The summed E-state index contributed by atoms with van der Waals surface area (Å²) in [5, 5.41) is 9.52. The van der Waals surface area contributed by atoms with E-state index in [9.17, 15) is 9.50 Å². The summed E-state index contributed by atoms with van der Waals surface area (Å²) in [5.74, 6) is 0. The van der Waals surface area contributed by atoms with Crippen molar-refractivity contribution in [2.24, 2.45) is 0 Å². The average Bonchev–Trinajstić information content (AvgIpc) is 2.28. The Kier molecular flexibility index (Phi) is 3.79. The number of aliphatic hydroxyl groups is 1. The third kappa shape index (κ3) is 3.08. The average molecular weight is 222 g/mol. The summed E-state index contributed by atoms with van der Waals surface area (Å²) >= 11 is 0. The molecule has 0 aromatic heterocycles. The van der Waals surface area contributed by atoms with Crippen molar-refractivity contribution in [1.82, 2.24) is 0 Å². The third-order valence-corrected chi connectivity index (χ3v) is 4.03. The number of aliphatic hydroxyl groups excluding tert-OH is 1. The molecular weight excluding hydrogens is 202 g/mol. The van der Waals surface area contributed by atoms with Crippen LogP contribution < -0.4 is 0 Å². The minimum atomic E-state index is -1.23. The van der Waals surface area contributed by atoms with Gasteiger partial charge in [0.25, 0.3) is 0 Å². The standard InChI is InChI=1S/C10H20FO2P/c1-7-9(11)10(12)8(13-7)5-6-14(2,3)4/h7-10,12H,2,5-6H2,1,3-4H3/t7-,8?,9?,10+/m0/s1. The molecule has 0 aliphatic carbocycles. The van der Waals surface area contributed by atoms with Crippen LogP contribution in [0.3, 0.4) is 0 Å². The van der Waals surface area contributed by atoms with Gasteiger partial charge in [0.15, 0.2) is 6.17 Å². The molecule has 1 fully saturated rings. The molecule has 84 valence electrons. The predicted octanol–water partition coefficient (Wildman–Crippen LogP) is 1.57. The Labute approximate surface area is 85.4 Å². The second kappa shape index (κ2) is 4.34. The summed E-state index contributed by atoms with van der Waals surface area (Å²) in [6, 6.07) is 0. The zero-order valence-corrected chi connectivity index (χ0v) is 10.0. The van der Waals surface area contributed by atoms with E-state index in [1.165, 1.54) is 0 Å². The molecule has 1 saturated heterocycles. The van der Waals surface area contributed by atoms with E-state index in [1.807, 2.05) is 0 Å². The summed E-state index contributed by atoms with van der Waals surface area (Å²) in [6.07, 6.45) is 2.75. The number of halogens is 1. The molecule has 1 rings (SSSR count). The predicted molar refractivity (Wildman–Crippen MR) is 60.6 cm³/mol. The number of alkyl halides is 1. The van der Waals surface area contributed by atoms with Gasteiger partial charge in [-0.2, -0.15) is 0 Å². The molecule has 1 aliphatic rings. The monoisotopic (exact) mass is 222 g/mol. The van der Waals surface area contributed by atoms with Crippen molar-refractivity contribution in [3.05, 3.63) is 0 Å². The summed E-state index contributed by atoms with van der Waals surface area (Å²) in [7, 11) is 0. The van der Waals surface area contributed by atoms with E-state index in [4.69, 9.17) is 4.74 Å². The summed E-state index contributed by atoms with van der Waals surface area (Å²) in [5.41, 5.74) is 0.